The Morgan fingerprint density at radius 2 is 2.05 bits per heavy atom. The maximum absolute atomic E-state index is 12.6. The molecule has 1 aromatic carbocycles. The van der Waals surface area contributed by atoms with Crippen LogP contribution < -0.4 is 10.6 Å². The summed E-state index contributed by atoms with van der Waals surface area (Å²) in [5, 5.41) is 7.32. The topological polar surface area (TPSA) is 37.0 Å². The molecule has 1 aromatic heterocycles. The molecular formula is C14H14F3N3. The number of hydrogen-bond acceptors (Lipinski definition) is 3. The lowest BCUT2D eigenvalue weighted by atomic mass is 10.1. The maximum atomic E-state index is 12.6. The first-order chi connectivity index (χ1) is 9.52. The molecule has 20 heavy (non-hydrogen) atoms. The van der Waals surface area contributed by atoms with Gasteiger partial charge in [-0.25, -0.2) is 4.98 Å². The second kappa shape index (κ2) is 4.94. The van der Waals surface area contributed by atoms with Crippen molar-refractivity contribution in [1.82, 2.24) is 10.3 Å². The molecule has 0 aliphatic carbocycles. The summed E-state index contributed by atoms with van der Waals surface area (Å²) in [5.74, 6) is 0. The van der Waals surface area contributed by atoms with Crippen molar-refractivity contribution in [3.8, 4) is 0 Å². The number of fused-ring (bicyclic) bond motifs is 1. The first-order valence-electron chi connectivity index (χ1n) is 6.48. The van der Waals surface area contributed by atoms with Gasteiger partial charge in [-0.3, -0.25) is 0 Å². The standard InChI is InChI=1S/C14H14F3N3/c15-14(16,17)13-4-1-9-7-10(2-3-12(9)20-13)19-11-5-6-18-8-11/h1-4,7,11,18-19H,5-6,8H2/t11-/m1/s1. The highest BCUT2D eigenvalue weighted by Gasteiger charge is 2.32. The van der Waals surface area contributed by atoms with Gasteiger partial charge in [-0.2, -0.15) is 13.2 Å². The van der Waals surface area contributed by atoms with Crippen molar-refractivity contribution in [2.24, 2.45) is 0 Å². The number of nitrogens with zero attached hydrogens (tertiary/aromatic N) is 1. The molecule has 6 heteroatoms. The second-order valence-electron chi connectivity index (χ2n) is 4.94. The molecule has 0 radical (unpaired) electrons. The van der Waals surface area contributed by atoms with Gasteiger partial charge in [0, 0.05) is 23.7 Å². The molecule has 0 saturated carbocycles. The van der Waals surface area contributed by atoms with Crippen molar-refractivity contribution >= 4 is 16.6 Å². The smallest absolute Gasteiger partial charge is 0.381 e. The summed E-state index contributed by atoms with van der Waals surface area (Å²) in [7, 11) is 0. The summed E-state index contributed by atoms with van der Waals surface area (Å²) in [6.45, 7) is 1.89. The zero-order valence-electron chi connectivity index (χ0n) is 10.7. The van der Waals surface area contributed by atoms with Gasteiger partial charge in [0.2, 0.25) is 0 Å². The number of alkyl halides is 3. The molecule has 3 nitrogen and oxygen atoms in total. The van der Waals surface area contributed by atoms with Crippen molar-refractivity contribution in [2.75, 3.05) is 18.4 Å². The minimum absolute atomic E-state index is 0.356. The zero-order valence-corrected chi connectivity index (χ0v) is 10.7. The second-order valence-corrected chi connectivity index (χ2v) is 4.94. The fourth-order valence-electron chi connectivity index (χ4n) is 2.39. The Morgan fingerprint density at radius 1 is 1.20 bits per heavy atom. The van der Waals surface area contributed by atoms with E-state index in [0.717, 1.165) is 31.3 Å². The molecule has 1 saturated heterocycles. The Hall–Kier alpha value is -1.82. The summed E-state index contributed by atoms with van der Waals surface area (Å²) < 4.78 is 37.8. The summed E-state index contributed by atoms with van der Waals surface area (Å²) in [4.78, 5) is 3.65. The van der Waals surface area contributed by atoms with Gasteiger partial charge in [-0.15, -0.1) is 0 Å². The van der Waals surface area contributed by atoms with Crippen LogP contribution in [0.25, 0.3) is 10.9 Å². The lowest BCUT2D eigenvalue weighted by Crippen LogP contribution is -2.21. The summed E-state index contributed by atoms with van der Waals surface area (Å²) in [6.07, 6.45) is -3.36. The van der Waals surface area contributed by atoms with Gasteiger partial charge in [0.25, 0.3) is 0 Å². The molecule has 2 heterocycles. The van der Waals surface area contributed by atoms with E-state index < -0.39 is 11.9 Å². The number of rotatable bonds is 2. The lowest BCUT2D eigenvalue weighted by Gasteiger charge is -2.13. The fourth-order valence-corrected chi connectivity index (χ4v) is 2.39. The molecule has 0 amide bonds. The predicted octanol–water partition coefficient (Wildman–Crippen LogP) is 3.03. The number of benzene rings is 1. The van der Waals surface area contributed by atoms with Crippen LogP contribution in [-0.4, -0.2) is 24.1 Å². The van der Waals surface area contributed by atoms with Crippen LogP contribution in [0.1, 0.15) is 12.1 Å². The Bertz CT molecular complexity index is 619. The van der Waals surface area contributed by atoms with E-state index in [-0.39, 0.29) is 0 Å². The van der Waals surface area contributed by atoms with Crippen LogP contribution in [0.3, 0.4) is 0 Å². The lowest BCUT2D eigenvalue weighted by molar-refractivity contribution is -0.140. The third kappa shape index (κ3) is 2.70. The average Bonchev–Trinajstić information content (AvgIpc) is 2.90. The fraction of sp³-hybridized carbons (Fsp3) is 0.357. The number of aromatic nitrogens is 1. The van der Waals surface area contributed by atoms with Crippen LogP contribution >= 0.6 is 0 Å². The Kier molecular flexibility index (Phi) is 3.25. The zero-order chi connectivity index (χ0) is 14.2. The monoisotopic (exact) mass is 281 g/mol. The first kappa shape index (κ1) is 13.2. The van der Waals surface area contributed by atoms with E-state index in [9.17, 15) is 13.2 Å². The third-order valence-corrected chi connectivity index (χ3v) is 3.41. The molecule has 1 aliphatic heterocycles. The third-order valence-electron chi connectivity index (χ3n) is 3.41. The first-order valence-corrected chi connectivity index (χ1v) is 6.48. The van der Waals surface area contributed by atoms with E-state index in [4.69, 9.17) is 0 Å². The Balaban J connectivity index is 1.88. The maximum Gasteiger partial charge on any atom is 0.433 e. The Labute approximate surface area is 114 Å². The average molecular weight is 281 g/mol. The molecule has 0 unspecified atom stereocenters. The van der Waals surface area contributed by atoms with E-state index in [1.807, 2.05) is 6.07 Å². The molecule has 1 aliphatic rings. The van der Waals surface area contributed by atoms with Crippen molar-refractivity contribution in [2.45, 2.75) is 18.6 Å². The largest absolute Gasteiger partial charge is 0.433 e. The minimum atomic E-state index is -4.40. The van der Waals surface area contributed by atoms with Gasteiger partial charge in [-0.1, -0.05) is 6.07 Å². The SMILES string of the molecule is FC(F)(F)c1ccc2cc(N[C@@H]3CCNC3)ccc2n1. The minimum Gasteiger partial charge on any atom is -0.381 e. The molecule has 106 valence electrons. The molecule has 0 spiro atoms. The van der Waals surface area contributed by atoms with Crippen molar-refractivity contribution in [1.29, 1.82) is 0 Å². The van der Waals surface area contributed by atoms with E-state index in [1.54, 1.807) is 12.1 Å². The number of halogens is 3. The molecule has 2 N–H and O–H groups in total. The van der Waals surface area contributed by atoms with Crippen molar-refractivity contribution in [3.05, 3.63) is 36.0 Å². The molecule has 1 atom stereocenters. The Morgan fingerprint density at radius 3 is 2.75 bits per heavy atom. The molecular weight excluding hydrogens is 267 g/mol. The summed E-state index contributed by atoms with van der Waals surface area (Å²) in [5.41, 5.74) is 0.411. The predicted molar refractivity (Wildman–Crippen MR) is 71.6 cm³/mol. The quantitative estimate of drug-likeness (QED) is 0.888. The summed E-state index contributed by atoms with van der Waals surface area (Å²) >= 11 is 0. The highest BCUT2D eigenvalue weighted by atomic mass is 19.4. The highest BCUT2D eigenvalue weighted by molar-refractivity contribution is 5.82. The number of pyridine rings is 1. The van der Waals surface area contributed by atoms with E-state index in [1.165, 1.54) is 6.07 Å². The van der Waals surface area contributed by atoms with Crippen LogP contribution in [0, 0.1) is 0 Å². The van der Waals surface area contributed by atoms with Crippen molar-refractivity contribution in [3.63, 3.8) is 0 Å². The van der Waals surface area contributed by atoms with E-state index in [2.05, 4.69) is 15.6 Å². The van der Waals surface area contributed by atoms with Gasteiger partial charge in [0.1, 0.15) is 5.69 Å². The van der Waals surface area contributed by atoms with Gasteiger partial charge in [-0.05, 0) is 37.2 Å². The normalized spacial score (nSPS) is 19.4. The van der Waals surface area contributed by atoms with Crippen LogP contribution in [0.2, 0.25) is 0 Å². The summed E-state index contributed by atoms with van der Waals surface area (Å²) in [6, 6.07) is 8.07. The van der Waals surface area contributed by atoms with Gasteiger partial charge in [0.15, 0.2) is 0 Å². The van der Waals surface area contributed by atoms with Crippen LogP contribution in [0.15, 0.2) is 30.3 Å². The van der Waals surface area contributed by atoms with Gasteiger partial charge >= 0.3 is 6.18 Å². The molecule has 0 bridgehead atoms. The van der Waals surface area contributed by atoms with Crippen LogP contribution in [-0.2, 0) is 6.18 Å². The number of hydrogen-bond donors (Lipinski definition) is 2. The number of anilines is 1. The van der Waals surface area contributed by atoms with Crippen LogP contribution in [0.5, 0.6) is 0 Å². The highest BCUT2D eigenvalue weighted by Crippen LogP contribution is 2.29. The van der Waals surface area contributed by atoms with Crippen molar-refractivity contribution < 1.29 is 13.2 Å². The van der Waals surface area contributed by atoms with E-state index in [0.29, 0.717) is 16.9 Å². The molecule has 3 rings (SSSR count). The number of nitrogens with one attached hydrogen (secondary N) is 2. The molecule has 2 aromatic rings. The van der Waals surface area contributed by atoms with Gasteiger partial charge in [0.05, 0.1) is 5.52 Å². The van der Waals surface area contributed by atoms with Gasteiger partial charge < -0.3 is 10.6 Å². The van der Waals surface area contributed by atoms with E-state index >= 15 is 0 Å². The molecule has 1 fully saturated rings. The van der Waals surface area contributed by atoms with Crippen LogP contribution in [0.4, 0.5) is 18.9 Å².